The molecule has 8 heteroatoms. The molecule has 0 saturated heterocycles. The van der Waals surface area contributed by atoms with Crippen LogP contribution in [0, 0.1) is 17.3 Å². The summed E-state index contributed by atoms with van der Waals surface area (Å²) < 4.78 is 31.8. The highest BCUT2D eigenvalue weighted by atomic mass is 79.9. The predicted molar refractivity (Wildman–Crippen MR) is 116 cm³/mol. The molecule has 1 N–H and O–H groups in total. The Morgan fingerprint density at radius 1 is 1.24 bits per heavy atom. The number of sulfonamides is 1. The summed E-state index contributed by atoms with van der Waals surface area (Å²) in [6.07, 6.45) is 7.59. The lowest BCUT2D eigenvalue weighted by molar-refractivity contribution is -0.123. The van der Waals surface area contributed by atoms with Gasteiger partial charge in [-0.3, -0.25) is 4.79 Å². The molecule has 160 valence electrons. The number of benzene rings is 1. The zero-order valence-electron chi connectivity index (χ0n) is 17.2. The third-order valence-electron chi connectivity index (χ3n) is 6.85. The maximum absolute atomic E-state index is 12.9. The van der Waals surface area contributed by atoms with Crippen LogP contribution in [-0.4, -0.2) is 44.2 Å². The molecule has 0 spiro atoms. The van der Waals surface area contributed by atoms with E-state index in [1.165, 1.54) is 46.5 Å². The Morgan fingerprint density at radius 3 is 2.45 bits per heavy atom. The fraction of sp³-hybridized carbons (Fsp3) is 0.667. The second-order valence-corrected chi connectivity index (χ2v) is 13.3. The minimum atomic E-state index is -3.68. The second kappa shape index (κ2) is 7.24. The molecule has 0 aromatic heterocycles. The van der Waals surface area contributed by atoms with Gasteiger partial charge in [-0.2, -0.15) is 0 Å². The Labute approximate surface area is 181 Å². The minimum absolute atomic E-state index is 0.0404. The summed E-state index contributed by atoms with van der Waals surface area (Å²) >= 11 is 3.99. The van der Waals surface area contributed by atoms with Crippen LogP contribution in [0.5, 0.6) is 5.75 Å². The predicted octanol–water partition coefficient (Wildman–Crippen LogP) is 4.01. The van der Waals surface area contributed by atoms with Crippen molar-refractivity contribution in [3.05, 3.63) is 18.2 Å². The second-order valence-electron chi connectivity index (χ2n) is 9.49. The van der Waals surface area contributed by atoms with E-state index in [-0.39, 0.29) is 26.3 Å². The molecule has 4 saturated carbocycles. The Kier molecular flexibility index (Phi) is 5.27. The highest BCUT2D eigenvalue weighted by Crippen LogP contribution is 2.65. The standard InChI is InChI=1S/C21H29BrN2O4S/c1-24(2)29(26,27)18-7-16(4-5-17(18)28-3)23-19(25)12-20-8-14-6-15(9-20)11-21(22,10-14)13-20/h4-5,7,14-15H,6,8-13H2,1-3H3,(H,23,25)/t14-,15-,20?,21?/m1/s1. The molecule has 1 aromatic rings. The lowest BCUT2D eigenvalue weighted by Crippen LogP contribution is -2.53. The van der Waals surface area contributed by atoms with E-state index in [0.717, 1.165) is 35.4 Å². The third-order valence-corrected chi connectivity index (χ3v) is 9.62. The van der Waals surface area contributed by atoms with Crippen molar-refractivity contribution in [3.8, 4) is 5.75 Å². The van der Waals surface area contributed by atoms with E-state index in [1.807, 2.05) is 0 Å². The Balaban J connectivity index is 1.52. The minimum Gasteiger partial charge on any atom is -0.495 e. The number of halogens is 1. The molecule has 1 aromatic carbocycles. The number of nitrogens with zero attached hydrogens (tertiary/aromatic N) is 1. The number of alkyl halides is 1. The number of rotatable bonds is 6. The molecule has 0 heterocycles. The van der Waals surface area contributed by atoms with Crippen LogP contribution in [0.1, 0.15) is 44.9 Å². The molecule has 6 nitrogen and oxygen atoms in total. The van der Waals surface area contributed by atoms with Crippen molar-refractivity contribution >= 4 is 37.5 Å². The van der Waals surface area contributed by atoms with E-state index in [0.29, 0.717) is 12.1 Å². The van der Waals surface area contributed by atoms with Gasteiger partial charge < -0.3 is 10.1 Å². The van der Waals surface area contributed by atoms with E-state index < -0.39 is 10.0 Å². The van der Waals surface area contributed by atoms with Gasteiger partial charge in [-0.25, -0.2) is 12.7 Å². The topological polar surface area (TPSA) is 75.7 Å². The average Bonchev–Trinajstić information content (AvgIpc) is 2.58. The summed E-state index contributed by atoms with van der Waals surface area (Å²) in [4.78, 5) is 13.0. The first-order valence-corrected chi connectivity index (χ1v) is 12.4. The summed E-state index contributed by atoms with van der Waals surface area (Å²) in [5.74, 6) is 1.67. The van der Waals surface area contributed by atoms with Crippen molar-refractivity contribution in [2.45, 2.75) is 54.2 Å². The molecule has 4 aliphatic carbocycles. The van der Waals surface area contributed by atoms with Crippen LogP contribution in [0.3, 0.4) is 0 Å². The van der Waals surface area contributed by atoms with Gasteiger partial charge in [0.1, 0.15) is 10.6 Å². The Morgan fingerprint density at radius 2 is 1.90 bits per heavy atom. The van der Waals surface area contributed by atoms with Crippen LogP contribution >= 0.6 is 15.9 Å². The number of hydrogen-bond acceptors (Lipinski definition) is 4. The molecule has 5 rings (SSSR count). The first kappa shape index (κ1) is 21.1. The number of carbonyl (C=O) groups excluding carboxylic acids is 1. The van der Waals surface area contributed by atoms with E-state index in [4.69, 9.17) is 4.74 Å². The summed E-state index contributed by atoms with van der Waals surface area (Å²) in [7, 11) is 0.708. The maximum atomic E-state index is 12.9. The summed E-state index contributed by atoms with van der Waals surface area (Å²) in [5.41, 5.74) is 0.553. The van der Waals surface area contributed by atoms with Crippen LogP contribution in [-0.2, 0) is 14.8 Å². The van der Waals surface area contributed by atoms with E-state index >= 15 is 0 Å². The number of hydrogen-bond donors (Lipinski definition) is 1. The van der Waals surface area contributed by atoms with Gasteiger partial charge in [0.2, 0.25) is 15.9 Å². The normalized spacial score (nSPS) is 33.1. The molecule has 29 heavy (non-hydrogen) atoms. The molecule has 0 aliphatic heterocycles. The zero-order valence-corrected chi connectivity index (χ0v) is 19.6. The number of ether oxygens (including phenoxy) is 1. The van der Waals surface area contributed by atoms with Crippen LogP contribution < -0.4 is 10.1 Å². The van der Waals surface area contributed by atoms with Gasteiger partial charge in [-0.05, 0) is 74.0 Å². The molecular weight excluding hydrogens is 456 g/mol. The van der Waals surface area contributed by atoms with Crippen molar-refractivity contribution in [2.24, 2.45) is 17.3 Å². The van der Waals surface area contributed by atoms with Gasteiger partial charge in [0.05, 0.1) is 7.11 Å². The van der Waals surface area contributed by atoms with Gasteiger partial charge in [0.15, 0.2) is 0 Å². The quantitative estimate of drug-likeness (QED) is 0.618. The van der Waals surface area contributed by atoms with E-state index in [2.05, 4.69) is 21.2 Å². The van der Waals surface area contributed by atoms with Crippen molar-refractivity contribution < 1.29 is 17.9 Å². The molecule has 4 fully saturated rings. The summed E-state index contributed by atoms with van der Waals surface area (Å²) in [6, 6.07) is 4.76. The van der Waals surface area contributed by atoms with Gasteiger partial charge in [-0.15, -0.1) is 0 Å². The van der Waals surface area contributed by atoms with E-state index in [9.17, 15) is 13.2 Å². The third kappa shape index (κ3) is 3.95. The largest absolute Gasteiger partial charge is 0.495 e. The first-order valence-electron chi connectivity index (χ1n) is 10.1. The number of anilines is 1. The molecule has 0 radical (unpaired) electrons. The summed E-state index contributed by atoms with van der Waals surface area (Å²) in [6.45, 7) is 0. The maximum Gasteiger partial charge on any atom is 0.246 e. The summed E-state index contributed by atoms with van der Waals surface area (Å²) in [5, 5.41) is 2.94. The molecule has 4 bridgehead atoms. The average molecular weight is 485 g/mol. The highest BCUT2D eigenvalue weighted by molar-refractivity contribution is 9.10. The number of methoxy groups -OCH3 is 1. The first-order chi connectivity index (χ1) is 13.5. The van der Waals surface area contributed by atoms with Crippen LogP contribution in [0.2, 0.25) is 0 Å². The number of carbonyl (C=O) groups is 1. The van der Waals surface area contributed by atoms with Crippen LogP contribution in [0.15, 0.2) is 23.1 Å². The van der Waals surface area contributed by atoms with Crippen molar-refractivity contribution in [1.29, 1.82) is 0 Å². The Bertz CT molecular complexity index is 917. The van der Waals surface area contributed by atoms with Gasteiger partial charge in [-0.1, -0.05) is 15.9 Å². The monoisotopic (exact) mass is 484 g/mol. The van der Waals surface area contributed by atoms with E-state index in [1.54, 1.807) is 12.1 Å². The van der Waals surface area contributed by atoms with Crippen molar-refractivity contribution in [3.63, 3.8) is 0 Å². The van der Waals surface area contributed by atoms with Gasteiger partial charge >= 0.3 is 0 Å². The zero-order chi connectivity index (χ0) is 21.0. The lowest BCUT2D eigenvalue weighted by atomic mass is 9.48. The van der Waals surface area contributed by atoms with Crippen LogP contribution in [0.4, 0.5) is 5.69 Å². The van der Waals surface area contributed by atoms with Crippen LogP contribution in [0.25, 0.3) is 0 Å². The molecule has 1 amide bonds. The molecule has 0 unspecified atom stereocenters. The Hall–Kier alpha value is -1.12. The highest BCUT2D eigenvalue weighted by Gasteiger charge is 2.57. The smallest absolute Gasteiger partial charge is 0.246 e. The van der Waals surface area contributed by atoms with Crippen molar-refractivity contribution in [2.75, 3.05) is 26.5 Å². The molecule has 2 atom stereocenters. The van der Waals surface area contributed by atoms with Gasteiger partial charge in [0, 0.05) is 30.5 Å². The van der Waals surface area contributed by atoms with Crippen molar-refractivity contribution in [1.82, 2.24) is 4.31 Å². The van der Waals surface area contributed by atoms with Gasteiger partial charge in [0.25, 0.3) is 0 Å². The lowest BCUT2D eigenvalue weighted by Gasteiger charge is -2.60. The number of amides is 1. The molecule has 4 aliphatic rings. The number of nitrogens with one attached hydrogen (secondary N) is 1. The fourth-order valence-electron chi connectivity index (χ4n) is 6.24. The molecular formula is C21H29BrN2O4S. The SMILES string of the molecule is COc1ccc(NC(=O)CC23C[C@H]4C[C@@H](CC(Br)(C4)C2)C3)cc1S(=O)(=O)N(C)C. The fourth-order valence-corrected chi connectivity index (χ4v) is 8.83.